The van der Waals surface area contributed by atoms with Crippen LogP contribution in [0.4, 0.5) is 9.93 Å². The molecule has 2 aliphatic rings. The highest BCUT2D eigenvalue weighted by molar-refractivity contribution is 8.00. The summed E-state index contributed by atoms with van der Waals surface area (Å²) < 4.78 is 4.68. The third-order valence-corrected chi connectivity index (χ3v) is 6.96. The van der Waals surface area contributed by atoms with E-state index in [-0.39, 0.29) is 54.5 Å². The Morgan fingerprint density at radius 3 is 2.73 bits per heavy atom. The highest BCUT2D eigenvalue weighted by atomic mass is 35.5. The molecule has 14 nitrogen and oxygen atoms in total. The summed E-state index contributed by atoms with van der Waals surface area (Å²) in [6.45, 7) is -1.17. The summed E-state index contributed by atoms with van der Waals surface area (Å²) in [5, 5.41) is 25.9. The molecule has 3 heterocycles. The molecular formula is C16H21ClN6O8S2. The lowest BCUT2D eigenvalue weighted by molar-refractivity contribution is -0.160. The van der Waals surface area contributed by atoms with E-state index >= 15 is 0 Å². The normalized spacial score (nSPS) is 24.1. The molecular weight excluding hydrogens is 504 g/mol. The van der Waals surface area contributed by atoms with Crippen molar-refractivity contribution in [3.63, 3.8) is 0 Å². The van der Waals surface area contributed by atoms with Gasteiger partial charge in [0, 0.05) is 17.7 Å². The van der Waals surface area contributed by atoms with Gasteiger partial charge in [-0.25, -0.2) is 9.78 Å². The summed E-state index contributed by atoms with van der Waals surface area (Å²) in [6, 6.07) is -0.935. The number of carboxylic acids is 1. The first-order valence-electron chi connectivity index (χ1n) is 9.09. The monoisotopic (exact) mass is 524 g/mol. The molecule has 33 heavy (non-hydrogen) atoms. The van der Waals surface area contributed by atoms with Crippen LogP contribution in [0.1, 0.15) is 5.69 Å². The molecule has 0 bridgehead atoms. The lowest BCUT2D eigenvalue weighted by atomic mass is 9.88. The van der Waals surface area contributed by atoms with Gasteiger partial charge in [0.05, 0.1) is 6.61 Å². The fraction of sp³-hybridized carbons (Fsp3) is 0.500. The first-order chi connectivity index (χ1) is 15.2. The number of thiazole rings is 1. The average Bonchev–Trinajstić information content (AvgIpc) is 3.18. The number of nitrogens with one attached hydrogen (secondary N) is 1. The zero-order valence-corrected chi connectivity index (χ0v) is 19.3. The maximum Gasteiger partial charge on any atom is 0.404 e. The van der Waals surface area contributed by atoms with Gasteiger partial charge in [0.25, 0.3) is 5.91 Å². The van der Waals surface area contributed by atoms with Gasteiger partial charge in [0.2, 0.25) is 5.91 Å². The van der Waals surface area contributed by atoms with Crippen molar-refractivity contribution in [2.45, 2.75) is 11.4 Å². The van der Waals surface area contributed by atoms with Crippen LogP contribution >= 0.6 is 35.5 Å². The largest absolute Gasteiger partial charge is 0.481 e. The molecule has 0 spiro atoms. The number of rotatable bonds is 9. The van der Waals surface area contributed by atoms with Crippen molar-refractivity contribution in [1.29, 1.82) is 0 Å². The standard InChI is InChI=1S/C16H20N6O8S2.ClH/c17-14-19-7(3-31-14)8(21-30-2-1-23)10(24)20-9-11(25)22-4-16(13(26)27,5-29-15(18)28)6-32-12(9)22;/h3,9,12,23H,1-2,4-6H2,(H2,17,19)(H2,18,28)(H,20,24)(H,26,27);1H/t9?,12-,16?;/m1./s1. The minimum Gasteiger partial charge on any atom is -0.481 e. The van der Waals surface area contributed by atoms with E-state index in [1.54, 1.807) is 0 Å². The number of β-lactam (4-membered cyclic amide) rings is 1. The smallest absolute Gasteiger partial charge is 0.404 e. The van der Waals surface area contributed by atoms with E-state index in [0.717, 1.165) is 23.1 Å². The van der Waals surface area contributed by atoms with Crippen LogP contribution in [0.25, 0.3) is 0 Å². The fourth-order valence-electron chi connectivity index (χ4n) is 3.08. The molecule has 1 aromatic rings. The Labute approximate surface area is 201 Å². The van der Waals surface area contributed by atoms with Gasteiger partial charge in [-0.3, -0.25) is 14.4 Å². The van der Waals surface area contributed by atoms with Gasteiger partial charge in [0.1, 0.15) is 35.7 Å². The SMILES string of the molecule is Cl.NC(=O)OCC1(C(=O)O)CS[C@@H]2C(NC(=O)C(=NOCCO)c3csc(N)n3)C(=O)N2C1. The summed E-state index contributed by atoms with van der Waals surface area (Å²) in [6.07, 6.45) is -1.12. The molecule has 3 amide bonds. The van der Waals surface area contributed by atoms with Gasteiger partial charge in [-0.1, -0.05) is 5.16 Å². The lowest BCUT2D eigenvalue weighted by Crippen LogP contribution is -2.74. The van der Waals surface area contributed by atoms with E-state index in [1.165, 1.54) is 10.3 Å². The van der Waals surface area contributed by atoms with E-state index in [4.69, 9.17) is 21.4 Å². The van der Waals surface area contributed by atoms with Crippen molar-refractivity contribution in [3.05, 3.63) is 11.1 Å². The molecule has 0 saturated carbocycles. The van der Waals surface area contributed by atoms with Gasteiger partial charge >= 0.3 is 12.1 Å². The number of nitrogens with two attached hydrogens (primary N) is 2. The summed E-state index contributed by atoms with van der Waals surface area (Å²) in [5.74, 6) is -2.46. The number of anilines is 1. The number of halogens is 1. The van der Waals surface area contributed by atoms with Gasteiger partial charge < -0.3 is 41.5 Å². The number of thioether (sulfide) groups is 1. The van der Waals surface area contributed by atoms with Crippen LogP contribution in [0, 0.1) is 5.41 Å². The molecule has 0 radical (unpaired) electrons. The number of fused-ring (bicyclic) bond motifs is 1. The fourth-order valence-corrected chi connectivity index (χ4v) is 5.15. The van der Waals surface area contributed by atoms with E-state index in [9.17, 15) is 24.3 Å². The quantitative estimate of drug-likeness (QED) is 0.107. The Hall–Kier alpha value is -2.82. The molecule has 7 N–H and O–H groups in total. The Kier molecular flexibility index (Phi) is 8.70. The number of nitrogens with zero attached hydrogens (tertiary/aromatic N) is 3. The second-order valence-corrected chi connectivity index (χ2v) is 8.87. The molecule has 2 aliphatic heterocycles. The van der Waals surface area contributed by atoms with Gasteiger partial charge in [-0.2, -0.15) is 0 Å². The number of ether oxygens (including phenoxy) is 1. The first kappa shape index (κ1) is 26.4. The van der Waals surface area contributed by atoms with Crippen LogP contribution in [-0.2, 0) is 24.0 Å². The number of primary amides is 1. The lowest BCUT2D eigenvalue weighted by Gasteiger charge is -2.53. The maximum absolute atomic E-state index is 12.8. The minimum absolute atomic E-state index is 0. The highest BCUT2D eigenvalue weighted by Gasteiger charge is 2.58. The van der Waals surface area contributed by atoms with Crippen LogP contribution in [0.3, 0.4) is 0 Å². The molecule has 0 aromatic carbocycles. The maximum atomic E-state index is 12.8. The summed E-state index contributed by atoms with van der Waals surface area (Å²) in [5.41, 5.74) is 8.93. The first-order valence-corrected chi connectivity index (χ1v) is 11.0. The summed E-state index contributed by atoms with van der Waals surface area (Å²) in [7, 11) is 0. The van der Waals surface area contributed by atoms with E-state index in [0.29, 0.717) is 0 Å². The van der Waals surface area contributed by atoms with Gasteiger partial charge in [0.15, 0.2) is 10.8 Å². The van der Waals surface area contributed by atoms with E-state index in [2.05, 4.69) is 20.2 Å². The molecule has 2 unspecified atom stereocenters. The molecule has 2 saturated heterocycles. The second-order valence-electron chi connectivity index (χ2n) is 6.88. The summed E-state index contributed by atoms with van der Waals surface area (Å²) in [4.78, 5) is 58.3. The van der Waals surface area contributed by atoms with Crippen LogP contribution < -0.4 is 16.8 Å². The molecule has 3 rings (SSSR count). The highest BCUT2D eigenvalue weighted by Crippen LogP contribution is 2.42. The number of hydrogen-bond acceptors (Lipinski definition) is 12. The van der Waals surface area contributed by atoms with Crippen LogP contribution in [0.5, 0.6) is 0 Å². The second kappa shape index (κ2) is 10.9. The number of nitrogen functional groups attached to an aromatic ring is 1. The number of aliphatic hydroxyl groups excluding tert-OH is 1. The van der Waals surface area contributed by atoms with Crippen molar-refractivity contribution >= 4 is 70.2 Å². The Bertz CT molecular complexity index is 961. The molecule has 182 valence electrons. The number of aromatic nitrogens is 1. The predicted molar refractivity (Wildman–Crippen MR) is 119 cm³/mol. The minimum atomic E-state index is -1.51. The number of aliphatic carboxylic acids is 1. The van der Waals surface area contributed by atoms with Gasteiger partial charge in [-0.05, 0) is 0 Å². The van der Waals surface area contributed by atoms with E-state index < -0.39 is 47.3 Å². The van der Waals surface area contributed by atoms with Crippen molar-refractivity contribution in [2.75, 3.05) is 37.9 Å². The van der Waals surface area contributed by atoms with Crippen molar-refractivity contribution in [1.82, 2.24) is 15.2 Å². The average molecular weight is 525 g/mol. The van der Waals surface area contributed by atoms with Crippen LogP contribution in [-0.4, -0.2) is 93.2 Å². The third kappa shape index (κ3) is 5.58. The van der Waals surface area contributed by atoms with Crippen LogP contribution in [0.2, 0.25) is 0 Å². The molecule has 3 atom stereocenters. The van der Waals surface area contributed by atoms with Crippen LogP contribution in [0.15, 0.2) is 10.5 Å². The molecule has 2 fully saturated rings. The Morgan fingerprint density at radius 1 is 1.42 bits per heavy atom. The topological polar surface area (TPSA) is 220 Å². The van der Waals surface area contributed by atoms with Crippen molar-refractivity contribution in [3.8, 4) is 0 Å². The number of hydrogen-bond donors (Lipinski definition) is 5. The summed E-state index contributed by atoms with van der Waals surface area (Å²) >= 11 is 2.20. The van der Waals surface area contributed by atoms with Crippen molar-refractivity contribution in [2.24, 2.45) is 16.3 Å². The van der Waals surface area contributed by atoms with Crippen molar-refractivity contribution < 1.29 is 39.0 Å². The third-order valence-electron chi connectivity index (χ3n) is 4.69. The zero-order valence-electron chi connectivity index (χ0n) is 16.8. The number of oxime groups is 1. The Morgan fingerprint density at radius 2 is 2.15 bits per heavy atom. The predicted octanol–water partition coefficient (Wildman–Crippen LogP) is -1.57. The number of carbonyl (C=O) groups excluding carboxylic acids is 3. The van der Waals surface area contributed by atoms with Gasteiger partial charge in [-0.15, -0.1) is 35.5 Å². The number of carbonyl (C=O) groups is 4. The molecule has 1 aromatic heterocycles. The van der Waals surface area contributed by atoms with E-state index in [1.807, 2.05) is 0 Å². The number of carboxylic acid groups (broad SMARTS) is 1. The number of aliphatic hydroxyl groups is 1. The molecule has 0 aliphatic carbocycles. The zero-order chi connectivity index (χ0) is 23.5. The molecule has 17 heteroatoms. The Balaban J connectivity index is 0.00000385. The number of amides is 3.